The number of aromatic hydroxyl groups is 1. The first-order valence-electron chi connectivity index (χ1n) is 6.35. The molecule has 8 heteroatoms. The second-order valence-electron chi connectivity index (χ2n) is 4.82. The lowest BCUT2D eigenvalue weighted by atomic mass is 10.1. The SMILES string of the molecule is N[C@](I)(Cc1ccc(Oc2cc(I)c(O)cc2I)cc1)C(=O)O. The zero-order valence-electron chi connectivity index (χ0n) is 11.6. The highest BCUT2D eigenvalue weighted by atomic mass is 127. The number of benzene rings is 2. The van der Waals surface area contributed by atoms with Gasteiger partial charge in [-0.2, -0.15) is 0 Å². The van der Waals surface area contributed by atoms with Gasteiger partial charge in [-0.3, -0.25) is 0 Å². The maximum Gasteiger partial charge on any atom is 0.334 e. The lowest BCUT2D eigenvalue weighted by molar-refractivity contribution is -0.139. The topological polar surface area (TPSA) is 92.8 Å². The third-order valence-electron chi connectivity index (χ3n) is 2.97. The van der Waals surface area contributed by atoms with E-state index in [2.05, 4.69) is 22.6 Å². The summed E-state index contributed by atoms with van der Waals surface area (Å²) in [5.41, 5.74) is 6.55. The molecule has 0 aromatic heterocycles. The molecule has 2 aromatic rings. The fourth-order valence-electron chi connectivity index (χ4n) is 1.77. The van der Waals surface area contributed by atoms with Crippen molar-refractivity contribution in [2.75, 3.05) is 0 Å². The van der Waals surface area contributed by atoms with Crippen molar-refractivity contribution in [3.05, 3.63) is 49.1 Å². The summed E-state index contributed by atoms with van der Waals surface area (Å²) in [7, 11) is 0. The summed E-state index contributed by atoms with van der Waals surface area (Å²) in [5, 5.41) is 18.7. The lowest BCUT2D eigenvalue weighted by Gasteiger charge is -2.17. The van der Waals surface area contributed by atoms with Crippen molar-refractivity contribution in [2.24, 2.45) is 5.73 Å². The molecule has 0 aliphatic carbocycles. The largest absolute Gasteiger partial charge is 0.507 e. The van der Waals surface area contributed by atoms with Crippen molar-refractivity contribution in [3.63, 3.8) is 0 Å². The second kappa shape index (κ2) is 7.70. The number of carbonyl (C=O) groups is 1. The number of alkyl halides is 1. The highest BCUT2D eigenvalue weighted by Gasteiger charge is 2.30. The van der Waals surface area contributed by atoms with Gasteiger partial charge >= 0.3 is 5.97 Å². The third kappa shape index (κ3) is 5.06. The van der Waals surface area contributed by atoms with Crippen molar-refractivity contribution < 1.29 is 19.7 Å². The van der Waals surface area contributed by atoms with Gasteiger partial charge in [-0.15, -0.1) is 0 Å². The third-order valence-corrected chi connectivity index (χ3v) is 5.52. The number of phenolic OH excluding ortho intramolecular Hbond substituents is 1. The molecule has 0 amide bonds. The quantitative estimate of drug-likeness (QED) is 0.258. The number of rotatable bonds is 5. The van der Waals surface area contributed by atoms with Crippen LogP contribution in [0.4, 0.5) is 0 Å². The molecule has 4 N–H and O–H groups in total. The second-order valence-corrected chi connectivity index (χ2v) is 9.07. The van der Waals surface area contributed by atoms with Crippen molar-refractivity contribution in [3.8, 4) is 17.2 Å². The molecule has 23 heavy (non-hydrogen) atoms. The summed E-state index contributed by atoms with van der Waals surface area (Å²) in [6.07, 6.45) is 0.220. The zero-order chi connectivity index (χ0) is 17.2. The minimum absolute atomic E-state index is 0.215. The van der Waals surface area contributed by atoms with Crippen LogP contribution in [0.15, 0.2) is 36.4 Å². The minimum Gasteiger partial charge on any atom is -0.507 e. The lowest BCUT2D eigenvalue weighted by Crippen LogP contribution is -2.43. The van der Waals surface area contributed by atoms with Crippen LogP contribution in [0.3, 0.4) is 0 Å². The summed E-state index contributed by atoms with van der Waals surface area (Å²) < 4.78 is 5.97. The van der Waals surface area contributed by atoms with Crippen molar-refractivity contribution >= 4 is 73.7 Å². The summed E-state index contributed by atoms with van der Waals surface area (Å²) in [4.78, 5) is 11.1. The molecule has 0 saturated carbocycles. The van der Waals surface area contributed by atoms with Gasteiger partial charge in [0.1, 0.15) is 17.2 Å². The maximum absolute atomic E-state index is 11.1. The van der Waals surface area contributed by atoms with Gasteiger partial charge < -0.3 is 20.7 Å². The highest BCUT2D eigenvalue weighted by molar-refractivity contribution is 14.1. The summed E-state index contributed by atoms with van der Waals surface area (Å²) in [5.74, 6) is 0.437. The molecule has 122 valence electrons. The monoisotopic (exact) mass is 651 g/mol. The summed E-state index contributed by atoms with van der Waals surface area (Å²) in [6, 6.07) is 10.5. The van der Waals surface area contributed by atoms with Gasteiger partial charge in [0.05, 0.1) is 7.14 Å². The average Bonchev–Trinajstić information content (AvgIpc) is 2.46. The normalized spacial score (nSPS) is 13.4. The molecule has 2 aromatic carbocycles. The fourth-order valence-corrected chi connectivity index (χ4v) is 3.21. The molecule has 0 fully saturated rings. The standard InChI is InChI=1S/C15H12I3NO4/c16-10-6-13(11(17)5-12(10)20)23-9-3-1-8(2-4-9)7-15(18,19)14(21)22/h1-6,20H,7,19H2,(H,21,22)/t15-/m1/s1. The number of hydrogen-bond donors (Lipinski definition) is 3. The number of hydrogen-bond acceptors (Lipinski definition) is 4. The predicted octanol–water partition coefficient (Wildman–Crippen LogP) is 4.11. The van der Waals surface area contributed by atoms with E-state index in [4.69, 9.17) is 15.6 Å². The predicted molar refractivity (Wildman–Crippen MR) is 112 cm³/mol. The Labute approximate surface area is 174 Å². The molecule has 1 atom stereocenters. The molecule has 2 rings (SSSR count). The van der Waals surface area contributed by atoms with E-state index in [1.165, 1.54) is 0 Å². The van der Waals surface area contributed by atoms with Crippen LogP contribution in [0.25, 0.3) is 0 Å². The maximum atomic E-state index is 11.1. The Morgan fingerprint density at radius 2 is 1.78 bits per heavy atom. The van der Waals surface area contributed by atoms with Gasteiger partial charge in [-0.05, 0) is 97.6 Å². The molecule has 0 aliphatic rings. The number of carboxylic acids is 1. The molecule has 0 bridgehead atoms. The van der Waals surface area contributed by atoms with E-state index in [0.29, 0.717) is 15.1 Å². The van der Waals surface area contributed by atoms with E-state index < -0.39 is 9.51 Å². The fraction of sp³-hybridized carbons (Fsp3) is 0.133. The van der Waals surface area contributed by atoms with Gasteiger partial charge in [0, 0.05) is 6.42 Å². The Balaban J connectivity index is 2.15. The van der Waals surface area contributed by atoms with Crippen LogP contribution in [0, 0.1) is 7.14 Å². The van der Waals surface area contributed by atoms with E-state index in [9.17, 15) is 9.90 Å². The molecule has 0 heterocycles. The Morgan fingerprint density at radius 1 is 1.17 bits per heavy atom. The number of nitrogens with two attached hydrogens (primary N) is 1. The molecular formula is C15H12I3NO4. The van der Waals surface area contributed by atoms with E-state index in [1.807, 2.05) is 22.6 Å². The van der Waals surface area contributed by atoms with Crippen LogP contribution in [0.5, 0.6) is 17.2 Å². The van der Waals surface area contributed by atoms with Gasteiger partial charge in [-0.1, -0.05) is 12.1 Å². The first kappa shape index (κ1) is 19.0. The van der Waals surface area contributed by atoms with Gasteiger partial charge in [0.25, 0.3) is 0 Å². The molecule has 0 radical (unpaired) electrons. The zero-order valence-corrected chi connectivity index (χ0v) is 18.1. The number of phenols is 1. The van der Waals surface area contributed by atoms with E-state index in [-0.39, 0.29) is 12.2 Å². The molecule has 0 saturated heterocycles. The van der Waals surface area contributed by atoms with Gasteiger partial charge in [-0.25, -0.2) is 4.79 Å². The smallest absolute Gasteiger partial charge is 0.334 e. The highest BCUT2D eigenvalue weighted by Crippen LogP contribution is 2.33. The Morgan fingerprint density at radius 3 is 2.35 bits per heavy atom. The Hall–Kier alpha value is -0.340. The minimum atomic E-state index is -1.33. The summed E-state index contributed by atoms with van der Waals surface area (Å²) in [6.45, 7) is 0. The molecule has 0 spiro atoms. The number of aliphatic carboxylic acids is 1. The van der Waals surface area contributed by atoms with Crippen LogP contribution in [0.2, 0.25) is 0 Å². The van der Waals surface area contributed by atoms with Crippen LogP contribution < -0.4 is 10.5 Å². The van der Waals surface area contributed by atoms with E-state index >= 15 is 0 Å². The van der Waals surface area contributed by atoms with Gasteiger partial charge in [0.15, 0.2) is 3.55 Å². The van der Waals surface area contributed by atoms with Crippen LogP contribution in [-0.4, -0.2) is 19.7 Å². The first-order chi connectivity index (χ1) is 10.7. The van der Waals surface area contributed by atoms with Gasteiger partial charge in [0.2, 0.25) is 0 Å². The Bertz CT molecular complexity index is 732. The van der Waals surface area contributed by atoms with Crippen LogP contribution in [-0.2, 0) is 11.2 Å². The van der Waals surface area contributed by atoms with Crippen LogP contribution in [0.1, 0.15) is 5.56 Å². The molecule has 0 unspecified atom stereocenters. The van der Waals surface area contributed by atoms with Crippen LogP contribution >= 0.6 is 67.8 Å². The van der Waals surface area contributed by atoms with Crippen molar-refractivity contribution in [1.29, 1.82) is 0 Å². The van der Waals surface area contributed by atoms with E-state index in [0.717, 1.165) is 9.13 Å². The number of carboxylic acid groups (broad SMARTS) is 1. The number of halogens is 3. The molecular weight excluding hydrogens is 639 g/mol. The van der Waals surface area contributed by atoms with E-state index in [1.54, 1.807) is 59.0 Å². The average molecular weight is 651 g/mol. The molecule has 5 nitrogen and oxygen atoms in total. The van der Waals surface area contributed by atoms with Crippen molar-refractivity contribution in [2.45, 2.75) is 9.97 Å². The Kier molecular flexibility index (Phi) is 6.35. The summed E-state index contributed by atoms with van der Waals surface area (Å²) >= 11 is 5.85. The van der Waals surface area contributed by atoms with Crippen molar-refractivity contribution in [1.82, 2.24) is 0 Å². The first-order valence-corrected chi connectivity index (χ1v) is 9.58. The molecule has 0 aliphatic heterocycles. The number of ether oxygens (including phenoxy) is 1.